The number of benzene rings is 2. The third kappa shape index (κ3) is 5.75. The molecule has 2 aromatic carbocycles. The second kappa shape index (κ2) is 10.3. The molecule has 3 N–H and O–H groups in total. The molecule has 0 saturated carbocycles. The number of oxime groups is 1. The fraction of sp³-hybridized carbons (Fsp3) is 0.348. The lowest BCUT2D eigenvalue weighted by Gasteiger charge is -2.28. The van der Waals surface area contributed by atoms with E-state index in [1.807, 2.05) is 49.9 Å². The van der Waals surface area contributed by atoms with Crippen LogP contribution in [-0.2, 0) is 5.54 Å². The molecule has 1 aliphatic rings. The number of hydrogen-bond acceptors (Lipinski definition) is 5. The number of thioether (sulfide) groups is 1. The van der Waals surface area contributed by atoms with Gasteiger partial charge < -0.3 is 20.7 Å². The van der Waals surface area contributed by atoms with Gasteiger partial charge in [0.15, 0.2) is 0 Å². The van der Waals surface area contributed by atoms with Gasteiger partial charge in [-0.2, -0.15) is 11.8 Å². The molecule has 1 fully saturated rings. The van der Waals surface area contributed by atoms with Crippen LogP contribution in [0.25, 0.3) is 0 Å². The molecular formula is C23H27ClN4O3S. The highest BCUT2D eigenvalue weighted by Crippen LogP contribution is 2.25. The number of anilines is 1. The maximum Gasteiger partial charge on any atom is 0.319 e. The van der Waals surface area contributed by atoms with Crippen molar-refractivity contribution < 1.29 is 14.8 Å². The van der Waals surface area contributed by atoms with E-state index in [0.29, 0.717) is 35.1 Å². The predicted octanol–water partition coefficient (Wildman–Crippen LogP) is 4.78. The van der Waals surface area contributed by atoms with Gasteiger partial charge in [0.05, 0.1) is 21.8 Å². The Bertz CT molecular complexity index is 1040. The molecule has 0 aromatic heterocycles. The van der Waals surface area contributed by atoms with E-state index in [1.54, 1.807) is 30.0 Å². The minimum Gasteiger partial charge on any atom is -0.411 e. The zero-order valence-electron chi connectivity index (χ0n) is 18.3. The molecule has 7 nitrogen and oxygen atoms in total. The van der Waals surface area contributed by atoms with E-state index >= 15 is 0 Å². The first-order chi connectivity index (χ1) is 15.2. The van der Waals surface area contributed by atoms with Crippen molar-refractivity contribution >= 4 is 46.7 Å². The van der Waals surface area contributed by atoms with Crippen LogP contribution >= 0.6 is 23.4 Å². The first-order valence-corrected chi connectivity index (χ1v) is 11.8. The van der Waals surface area contributed by atoms with E-state index in [-0.39, 0.29) is 5.91 Å². The molecule has 170 valence electrons. The van der Waals surface area contributed by atoms with Crippen LogP contribution < -0.4 is 10.6 Å². The Labute approximate surface area is 197 Å². The average molecular weight is 475 g/mol. The van der Waals surface area contributed by atoms with Crippen LogP contribution in [-0.4, -0.2) is 52.4 Å². The summed E-state index contributed by atoms with van der Waals surface area (Å²) >= 11 is 8.10. The third-order valence-electron chi connectivity index (χ3n) is 5.33. The summed E-state index contributed by atoms with van der Waals surface area (Å²) in [5.41, 5.74) is 2.25. The number of carbonyl (C=O) groups is 2. The number of carbonyl (C=O) groups excluding carboxylic acids is 2. The normalized spacial score (nSPS) is 14.8. The Morgan fingerprint density at radius 3 is 2.56 bits per heavy atom. The summed E-state index contributed by atoms with van der Waals surface area (Å²) in [6.45, 7) is 6.83. The maximum atomic E-state index is 12.9. The first-order valence-electron chi connectivity index (χ1n) is 10.3. The second-order valence-corrected chi connectivity index (χ2v) is 9.70. The van der Waals surface area contributed by atoms with Gasteiger partial charge in [-0.05, 0) is 56.2 Å². The molecule has 3 amide bonds. The highest BCUT2D eigenvalue weighted by Gasteiger charge is 2.25. The number of nitrogens with zero attached hydrogens (tertiary/aromatic N) is 2. The number of halogens is 1. The zero-order chi connectivity index (χ0) is 23.3. The Kier molecular flexibility index (Phi) is 7.69. The van der Waals surface area contributed by atoms with Crippen molar-refractivity contribution in [1.82, 2.24) is 10.2 Å². The molecular weight excluding hydrogens is 448 g/mol. The van der Waals surface area contributed by atoms with E-state index in [0.717, 1.165) is 22.6 Å². The number of urea groups is 1. The topological polar surface area (TPSA) is 94.0 Å². The van der Waals surface area contributed by atoms with Crippen molar-refractivity contribution in [2.75, 3.05) is 29.9 Å². The SMILES string of the molecule is C/C(=N\O)c1cccc(C(C)(C)NC(=O)Nc2ccc(Cl)c(C(=O)N3CCSCC3)c2)c1. The molecule has 9 heteroatoms. The van der Waals surface area contributed by atoms with Crippen LogP contribution in [0.5, 0.6) is 0 Å². The summed E-state index contributed by atoms with van der Waals surface area (Å²) in [6, 6.07) is 11.9. The Morgan fingerprint density at radius 1 is 1.16 bits per heavy atom. The number of rotatable bonds is 5. The highest BCUT2D eigenvalue weighted by molar-refractivity contribution is 7.99. The monoisotopic (exact) mass is 474 g/mol. The van der Waals surface area contributed by atoms with E-state index in [1.165, 1.54) is 0 Å². The molecule has 0 spiro atoms. The van der Waals surface area contributed by atoms with Gasteiger partial charge in [-0.15, -0.1) is 0 Å². The maximum absolute atomic E-state index is 12.9. The fourth-order valence-corrected chi connectivity index (χ4v) is 4.51. The molecule has 1 heterocycles. The van der Waals surface area contributed by atoms with Crippen LogP contribution in [0.2, 0.25) is 5.02 Å². The van der Waals surface area contributed by atoms with Crippen LogP contribution in [0.15, 0.2) is 47.6 Å². The number of nitrogens with one attached hydrogen (secondary N) is 2. The zero-order valence-corrected chi connectivity index (χ0v) is 19.9. The lowest BCUT2D eigenvalue weighted by atomic mass is 9.92. The number of hydrogen-bond donors (Lipinski definition) is 3. The van der Waals surface area contributed by atoms with Gasteiger partial charge in [-0.3, -0.25) is 4.79 Å². The van der Waals surface area contributed by atoms with Gasteiger partial charge in [0.1, 0.15) is 0 Å². The molecule has 1 aliphatic heterocycles. The van der Waals surface area contributed by atoms with Crippen molar-refractivity contribution in [2.24, 2.45) is 5.16 Å². The Balaban J connectivity index is 1.72. The average Bonchev–Trinajstić information content (AvgIpc) is 2.79. The largest absolute Gasteiger partial charge is 0.411 e. The predicted molar refractivity (Wildman–Crippen MR) is 130 cm³/mol. The number of amides is 3. The second-order valence-electron chi connectivity index (χ2n) is 8.07. The van der Waals surface area contributed by atoms with Gasteiger partial charge >= 0.3 is 6.03 Å². The Morgan fingerprint density at radius 2 is 1.88 bits per heavy atom. The molecule has 0 radical (unpaired) electrons. The lowest BCUT2D eigenvalue weighted by Crippen LogP contribution is -2.43. The van der Waals surface area contributed by atoms with Gasteiger partial charge in [0.2, 0.25) is 0 Å². The van der Waals surface area contributed by atoms with Crippen molar-refractivity contribution in [3.63, 3.8) is 0 Å². The smallest absolute Gasteiger partial charge is 0.319 e. The highest BCUT2D eigenvalue weighted by atomic mass is 35.5. The minimum absolute atomic E-state index is 0.127. The van der Waals surface area contributed by atoms with Crippen molar-refractivity contribution in [2.45, 2.75) is 26.3 Å². The van der Waals surface area contributed by atoms with E-state index in [2.05, 4.69) is 15.8 Å². The van der Waals surface area contributed by atoms with Crippen molar-refractivity contribution in [1.29, 1.82) is 0 Å². The van der Waals surface area contributed by atoms with Crippen LogP contribution in [0.4, 0.5) is 10.5 Å². The van der Waals surface area contributed by atoms with E-state index in [4.69, 9.17) is 16.8 Å². The first kappa shape index (κ1) is 23.9. The quantitative estimate of drug-likeness (QED) is 0.330. The summed E-state index contributed by atoms with van der Waals surface area (Å²) in [4.78, 5) is 27.4. The molecule has 0 unspecified atom stereocenters. The molecule has 32 heavy (non-hydrogen) atoms. The van der Waals surface area contributed by atoms with Crippen molar-refractivity contribution in [3.05, 3.63) is 64.2 Å². The molecule has 1 saturated heterocycles. The molecule has 0 aliphatic carbocycles. The molecule has 2 aromatic rings. The van der Waals surface area contributed by atoms with Gasteiger partial charge in [-0.1, -0.05) is 35.0 Å². The minimum atomic E-state index is -0.702. The van der Waals surface area contributed by atoms with E-state index < -0.39 is 11.6 Å². The molecule has 3 rings (SSSR count). The summed E-state index contributed by atoms with van der Waals surface area (Å²) in [5, 5.41) is 18.4. The molecule has 0 bridgehead atoms. The lowest BCUT2D eigenvalue weighted by molar-refractivity contribution is 0.0772. The molecule has 0 atom stereocenters. The standard InChI is InChI=1S/C23H27ClN4O3S/c1-15(27-31)16-5-4-6-17(13-16)23(2,3)26-22(30)25-18-7-8-20(24)19(14-18)21(29)28-9-11-32-12-10-28/h4-8,13-14,31H,9-12H2,1-3H3,(H2,25,26,30)/b27-15+. The van der Waals surface area contributed by atoms with Crippen LogP contribution in [0.3, 0.4) is 0 Å². The van der Waals surface area contributed by atoms with Gasteiger partial charge in [0, 0.05) is 30.3 Å². The van der Waals surface area contributed by atoms with Crippen molar-refractivity contribution in [3.8, 4) is 0 Å². The summed E-state index contributed by atoms with van der Waals surface area (Å²) in [5.74, 6) is 1.69. The van der Waals surface area contributed by atoms with Gasteiger partial charge in [0.25, 0.3) is 5.91 Å². The van der Waals surface area contributed by atoms with Crippen LogP contribution in [0, 0.1) is 0 Å². The fourth-order valence-electron chi connectivity index (χ4n) is 3.41. The summed E-state index contributed by atoms with van der Waals surface area (Å²) in [6.07, 6.45) is 0. The summed E-state index contributed by atoms with van der Waals surface area (Å²) < 4.78 is 0. The van der Waals surface area contributed by atoms with Gasteiger partial charge in [-0.25, -0.2) is 4.79 Å². The summed E-state index contributed by atoms with van der Waals surface area (Å²) in [7, 11) is 0. The van der Waals surface area contributed by atoms with E-state index in [9.17, 15) is 9.59 Å². The Hall–Kier alpha value is -2.71. The third-order valence-corrected chi connectivity index (χ3v) is 6.60. The van der Waals surface area contributed by atoms with Crippen LogP contribution in [0.1, 0.15) is 42.3 Å².